The molecule has 3 rings (SSSR count). The van der Waals surface area contributed by atoms with Gasteiger partial charge in [0.25, 0.3) is 5.91 Å². The van der Waals surface area contributed by atoms with E-state index in [-0.39, 0.29) is 5.91 Å². The molecule has 0 aliphatic heterocycles. The molecule has 2 aromatic carbocycles. The summed E-state index contributed by atoms with van der Waals surface area (Å²) in [6.07, 6.45) is 1.68. The summed E-state index contributed by atoms with van der Waals surface area (Å²) in [7, 11) is 0. The standard InChI is InChI=1S/C22H23N3O/c1-15-5-8-18(9-6-15)13-24-22(26)20-11-10-19(14-23-20)25-21-12-16(2)4-7-17(21)3/h4-12,14,25H,13H2,1-3H3,(H,24,26). The van der Waals surface area contributed by atoms with Gasteiger partial charge in [0.05, 0.1) is 11.9 Å². The van der Waals surface area contributed by atoms with Crippen LogP contribution in [0.25, 0.3) is 0 Å². The second-order valence-corrected chi connectivity index (χ2v) is 6.54. The fourth-order valence-electron chi connectivity index (χ4n) is 2.61. The molecule has 0 saturated carbocycles. The number of hydrogen-bond acceptors (Lipinski definition) is 3. The number of anilines is 2. The zero-order valence-corrected chi connectivity index (χ0v) is 15.3. The van der Waals surface area contributed by atoms with Crippen molar-refractivity contribution < 1.29 is 4.79 Å². The number of carbonyl (C=O) groups excluding carboxylic acids is 1. The quantitative estimate of drug-likeness (QED) is 0.706. The van der Waals surface area contributed by atoms with E-state index in [4.69, 9.17) is 0 Å². The molecule has 2 N–H and O–H groups in total. The SMILES string of the molecule is Cc1ccc(CNC(=O)c2ccc(Nc3cc(C)ccc3C)cn2)cc1. The summed E-state index contributed by atoms with van der Waals surface area (Å²) in [6.45, 7) is 6.65. The predicted octanol–water partition coefficient (Wildman–Crippen LogP) is 4.68. The van der Waals surface area contributed by atoms with Gasteiger partial charge in [-0.25, -0.2) is 4.98 Å². The number of pyridine rings is 1. The van der Waals surface area contributed by atoms with E-state index in [1.807, 2.05) is 37.3 Å². The lowest BCUT2D eigenvalue weighted by Gasteiger charge is -2.11. The summed E-state index contributed by atoms with van der Waals surface area (Å²) in [5, 5.41) is 6.25. The summed E-state index contributed by atoms with van der Waals surface area (Å²) in [5.74, 6) is -0.177. The molecule has 0 radical (unpaired) electrons. The van der Waals surface area contributed by atoms with Gasteiger partial charge in [-0.05, 0) is 55.7 Å². The number of hydrogen-bond donors (Lipinski definition) is 2. The molecule has 1 aromatic heterocycles. The van der Waals surface area contributed by atoms with Crippen LogP contribution in [0.2, 0.25) is 0 Å². The van der Waals surface area contributed by atoms with Gasteiger partial charge in [0.1, 0.15) is 5.69 Å². The zero-order chi connectivity index (χ0) is 18.5. The molecule has 0 bridgehead atoms. The van der Waals surface area contributed by atoms with Crippen LogP contribution in [0.4, 0.5) is 11.4 Å². The van der Waals surface area contributed by atoms with Crippen molar-refractivity contribution in [1.82, 2.24) is 10.3 Å². The molecule has 1 amide bonds. The monoisotopic (exact) mass is 345 g/mol. The first-order chi connectivity index (χ1) is 12.5. The van der Waals surface area contributed by atoms with E-state index in [0.29, 0.717) is 12.2 Å². The number of amides is 1. The lowest BCUT2D eigenvalue weighted by molar-refractivity contribution is 0.0946. The van der Waals surface area contributed by atoms with Crippen LogP contribution >= 0.6 is 0 Å². The number of rotatable bonds is 5. The van der Waals surface area contributed by atoms with E-state index < -0.39 is 0 Å². The Morgan fingerprint density at radius 1 is 0.923 bits per heavy atom. The van der Waals surface area contributed by atoms with E-state index in [9.17, 15) is 4.79 Å². The first-order valence-electron chi connectivity index (χ1n) is 8.65. The van der Waals surface area contributed by atoms with Crippen LogP contribution in [-0.2, 0) is 6.54 Å². The molecule has 0 aliphatic rings. The third kappa shape index (κ3) is 4.48. The Labute approximate surface area is 154 Å². The molecular weight excluding hydrogens is 322 g/mol. The first-order valence-corrected chi connectivity index (χ1v) is 8.65. The highest BCUT2D eigenvalue weighted by Gasteiger charge is 2.07. The summed E-state index contributed by atoms with van der Waals surface area (Å²) < 4.78 is 0. The second-order valence-electron chi connectivity index (χ2n) is 6.54. The molecule has 0 atom stereocenters. The fourth-order valence-corrected chi connectivity index (χ4v) is 2.61. The Morgan fingerprint density at radius 2 is 1.65 bits per heavy atom. The maximum absolute atomic E-state index is 12.3. The molecule has 0 fully saturated rings. The summed E-state index contributed by atoms with van der Waals surface area (Å²) in [5.41, 5.74) is 6.93. The third-order valence-electron chi connectivity index (χ3n) is 4.24. The summed E-state index contributed by atoms with van der Waals surface area (Å²) in [6, 6.07) is 18.0. The van der Waals surface area contributed by atoms with Crippen molar-refractivity contribution in [2.24, 2.45) is 0 Å². The molecule has 3 aromatic rings. The van der Waals surface area contributed by atoms with Gasteiger partial charge in [-0.3, -0.25) is 4.79 Å². The summed E-state index contributed by atoms with van der Waals surface area (Å²) in [4.78, 5) is 16.5. The van der Waals surface area contributed by atoms with Crippen LogP contribution in [0.5, 0.6) is 0 Å². The van der Waals surface area contributed by atoms with Gasteiger partial charge in [-0.2, -0.15) is 0 Å². The van der Waals surface area contributed by atoms with Gasteiger partial charge in [0.2, 0.25) is 0 Å². The van der Waals surface area contributed by atoms with Crippen LogP contribution in [0.15, 0.2) is 60.8 Å². The molecule has 0 saturated heterocycles. The Kier molecular flexibility index (Phi) is 5.32. The molecule has 4 heteroatoms. The summed E-state index contributed by atoms with van der Waals surface area (Å²) >= 11 is 0. The smallest absolute Gasteiger partial charge is 0.270 e. The number of aromatic nitrogens is 1. The molecule has 0 aliphatic carbocycles. The van der Waals surface area contributed by atoms with Gasteiger partial charge in [0, 0.05) is 12.2 Å². The van der Waals surface area contributed by atoms with Gasteiger partial charge in [-0.15, -0.1) is 0 Å². The molecular formula is C22H23N3O. The number of nitrogens with zero attached hydrogens (tertiary/aromatic N) is 1. The Bertz CT molecular complexity index is 900. The minimum atomic E-state index is -0.177. The molecule has 132 valence electrons. The predicted molar refractivity (Wildman–Crippen MR) is 106 cm³/mol. The minimum absolute atomic E-state index is 0.177. The highest BCUT2D eigenvalue weighted by atomic mass is 16.1. The van der Waals surface area contributed by atoms with Crippen molar-refractivity contribution in [2.45, 2.75) is 27.3 Å². The van der Waals surface area contributed by atoms with E-state index in [1.54, 1.807) is 12.3 Å². The minimum Gasteiger partial charge on any atom is -0.354 e. The zero-order valence-electron chi connectivity index (χ0n) is 15.3. The van der Waals surface area contributed by atoms with Crippen LogP contribution in [0, 0.1) is 20.8 Å². The van der Waals surface area contributed by atoms with Crippen molar-refractivity contribution in [3.05, 3.63) is 88.7 Å². The molecule has 0 unspecified atom stereocenters. The molecule has 4 nitrogen and oxygen atoms in total. The normalized spacial score (nSPS) is 10.4. The van der Waals surface area contributed by atoms with Crippen molar-refractivity contribution in [3.8, 4) is 0 Å². The van der Waals surface area contributed by atoms with Gasteiger partial charge in [-0.1, -0.05) is 42.0 Å². The van der Waals surface area contributed by atoms with Crippen LogP contribution < -0.4 is 10.6 Å². The van der Waals surface area contributed by atoms with E-state index >= 15 is 0 Å². The Balaban J connectivity index is 1.62. The van der Waals surface area contributed by atoms with E-state index in [0.717, 1.165) is 22.5 Å². The molecule has 0 spiro atoms. The van der Waals surface area contributed by atoms with Gasteiger partial charge >= 0.3 is 0 Å². The van der Waals surface area contributed by atoms with Gasteiger partial charge in [0.15, 0.2) is 0 Å². The molecule has 1 heterocycles. The maximum Gasteiger partial charge on any atom is 0.270 e. The van der Waals surface area contributed by atoms with Crippen LogP contribution in [-0.4, -0.2) is 10.9 Å². The van der Waals surface area contributed by atoms with Crippen molar-refractivity contribution in [3.63, 3.8) is 0 Å². The fraction of sp³-hybridized carbons (Fsp3) is 0.182. The number of aryl methyl sites for hydroxylation is 3. The second kappa shape index (κ2) is 7.83. The Hall–Kier alpha value is -3.14. The van der Waals surface area contributed by atoms with Crippen LogP contribution in [0.1, 0.15) is 32.7 Å². The van der Waals surface area contributed by atoms with Crippen molar-refractivity contribution in [2.75, 3.05) is 5.32 Å². The van der Waals surface area contributed by atoms with Crippen molar-refractivity contribution >= 4 is 17.3 Å². The van der Waals surface area contributed by atoms with Gasteiger partial charge < -0.3 is 10.6 Å². The third-order valence-corrected chi connectivity index (χ3v) is 4.24. The highest BCUT2D eigenvalue weighted by Crippen LogP contribution is 2.21. The number of carbonyl (C=O) groups is 1. The Morgan fingerprint density at radius 3 is 2.35 bits per heavy atom. The number of benzene rings is 2. The molecule has 26 heavy (non-hydrogen) atoms. The topological polar surface area (TPSA) is 54.0 Å². The largest absolute Gasteiger partial charge is 0.354 e. The average Bonchev–Trinajstić information content (AvgIpc) is 2.64. The lowest BCUT2D eigenvalue weighted by atomic mass is 10.1. The number of nitrogens with one attached hydrogen (secondary N) is 2. The maximum atomic E-state index is 12.3. The van der Waals surface area contributed by atoms with Crippen molar-refractivity contribution in [1.29, 1.82) is 0 Å². The van der Waals surface area contributed by atoms with E-state index in [2.05, 4.69) is 47.7 Å². The first kappa shape index (κ1) is 17.7. The van der Waals surface area contributed by atoms with Crippen LogP contribution in [0.3, 0.4) is 0 Å². The van der Waals surface area contributed by atoms with E-state index in [1.165, 1.54) is 11.1 Å². The lowest BCUT2D eigenvalue weighted by Crippen LogP contribution is -2.23. The highest BCUT2D eigenvalue weighted by molar-refractivity contribution is 5.92. The average molecular weight is 345 g/mol.